The van der Waals surface area contributed by atoms with Crippen LogP contribution in [0, 0.1) is 23.7 Å². The van der Waals surface area contributed by atoms with E-state index < -0.39 is 64.3 Å². The molecule has 12 nitrogen and oxygen atoms in total. The SMILES string of the molecule is CCC(C)CN1C(=O)c2ccc3c4ccc5c6c(cc(Br)c(c7ccc(c2c37)C1=O)c64)C(=O)N(CC(C)CC)C5=O.CCC[CH2][Sn]([CH2]CCC)[CH2]CCC.CCC[CH2][Sn]([CH2]CCC)[CH2]CCC.CCC[CH2][Sn]1([CH2]CCC)[c]2cc3c4c(ccc5c6ccc7c8c(c[c]1c(c2c45)c86)C(=O)N(CC(C)CC)C7=O)C(=O)N(CC(C)CC)C3=O.[B][B]B([B])B([B])[B]. The average molecular weight is 2030 g/mol. The smallest absolute Gasteiger partial charge is 0 e. The summed E-state index contributed by atoms with van der Waals surface area (Å²) in [5.74, 6) is -1.03. The number of imide groups is 4. The number of hydrogen-bond donors (Lipinski definition) is 0. The molecule has 4 atom stereocenters. The van der Waals surface area contributed by atoms with Crippen LogP contribution in [0.4, 0.5) is 0 Å². The van der Waals surface area contributed by atoms with Gasteiger partial charge >= 0.3 is 478 Å². The number of halogens is 1. The molecule has 11 radical (unpaired) electrons. The van der Waals surface area contributed by atoms with Crippen LogP contribution in [0.2, 0.25) is 35.5 Å². The number of rotatable bonds is 38. The fraction of sp³-hybridized carbons (Fsp3) is 0.520. The summed E-state index contributed by atoms with van der Waals surface area (Å²) in [5, 5.41) is 14.6. The minimum absolute atomic E-state index is 0.175. The summed E-state index contributed by atoms with van der Waals surface area (Å²) in [5.41, 5.74) is 4.64. The van der Waals surface area contributed by atoms with Crippen LogP contribution in [0.1, 0.15) is 322 Å². The number of amides is 8. The summed E-state index contributed by atoms with van der Waals surface area (Å²) in [6, 6.07) is 25.6. The van der Waals surface area contributed by atoms with Crippen molar-refractivity contribution in [3.63, 3.8) is 0 Å². The van der Waals surface area contributed by atoms with Crippen LogP contribution >= 0.6 is 15.9 Å². The van der Waals surface area contributed by atoms with Gasteiger partial charge in [-0.15, -0.1) is 0 Å². The van der Waals surface area contributed by atoms with Gasteiger partial charge in [-0.25, -0.2) is 0 Å². The first kappa shape index (κ1) is 98.3. The normalized spacial score (nSPS) is 15.4. The predicted octanol–water partition coefficient (Wildman–Crippen LogP) is 23.4. The molecular formula is C100H129B7BrN4O8Sn3. The molecule has 0 aliphatic carbocycles. The molecule has 15 rings (SSSR count). The maximum absolute atomic E-state index is 14.5. The number of carbonyl (C=O) groups is 8. The molecule has 8 amide bonds. The van der Waals surface area contributed by atoms with E-state index in [0.717, 1.165) is 129 Å². The molecule has 5 heterocycles. The second-order valence-electron chi connectivity index (χ2n) is 36.5. The Kier molecular flexibility index (Phi) is 35.4. The van der Waals surface area contributed by atoms with Crippen LogP contribution in [0.15, 0.2) is 83.3 Å². The van der Waals surface area contributed by atoms with Gasteiger partial charge in [-0.1, -0.05) is 74.7 Å². The summed E-state index contributed by atoms with van der Waals surface area (Å²) in [7, 11) is 21.6. The monoisotopic (exact) mass is 2030 g/mol. The standard InChI is InChI=1S/C34H29BrN2O4.C34H28N2O4.8C4H9.B7.3Sn/c1-5-16(3)14-36-31(38)21-10-7-18-19-8-11-23-28-24(34(41)37(33(23)40)15-17(4)6-2)13-25(35)29(30(19)28)20-9-12-22(32(36)39)27(21)26(18)20;1-5-17(3)15-35-31(37)23-11-7-19-21-9-13-25-30-26(34(40)36(33(25)39)16-18(4)6-2)14-10-22(28(21)30)20-8-12-24(32(35)38)29(23)27(19)20;8*1-3-4-2;1-5-7(4)6(2)3;;;/h7-13,16-17H,5-6,14-15H2,1-4H3;7,9,11-14,17-18H,5-6,15-16H2,1-4H3;8*1,3-4H2,2H3;;;;. The van der Waals surface area contributed by atoms with Crippen molar-refractivity contribution in [3.05, 3.63) is 128 Å². The number of benzene rings is 10. The van der Waals surface area contributed by atoms with E-state index in [2.05, 4.69) is 137 Å². The van der Waals surface area contributed by atoms with Gasteiger partial charge < -0.3 is 0 Å². The third-order valence-corrected chi connectivity index (χ3v) is 61.4. The Hall–Kier alpha value is -5.31. The zero-order chi connectivity index (χ0) is 89.2. The summed E-state index contributed by atoms with van der Waals surface area (Å²) < 4.78 is 15.8. The van der Waals surface area contributed by atoms with Crippen molar-refractivity contribution in [2.75, 3.05) is 26.2 Å². The maximum Gasteiger partial charge on any atom is 0 e. The summed E-state index contributed by atoms with van der Waals surface area (Å²) in [6.07, 6.45) is 24.6. The minimum Gasteiger partial charge on any atom is 0 e. The van der Waals surface area contributed by atoms with E-state index in [1.807, 2.05) is 68.4 Å². The van der Waals surface area contributed by atoms with Crippen LogP contribution < -0.4 is 7.16 Å². The third kappa shape index (κ3) is 19.6. The van der Waals surface area contributed by atoms with Crippen LogP contribution in [0.5, 0.6) is 0 Å². The van der Waals surface area contributed by atoms with Crippen molar-refractivity contribution >= 4 is 265 Å². The zero-order valence-electron chi connectivity index (χ0n) is 76.9. The molecule has 0 aromatic heterocycles. The van der Waals surface area contributed by atoms with E-state index in [0.29, 0.717) is 81.5 Å². The van der Waals surface area contributed by atoms with E-state index in [4.69, 9.17) is 30.9 Å². The fourth-order valence-electron chi connectivity index (χ4n) is 19.4. The van der Waals surface area contributed by atoms with Crippen molar-refractivity contribution in [3.8, 4) is 0 Å². The molecule has 10 aromatic carbocycles. The van der Waals surface area contributed by atoms with Crippen LogP contribution in [-0.2, 0) is 0 Å². The number of hydrogen-bond acceptors (Lipinski definition) is 8. The van der Waals surface area contributed by atoms with E-state index in [9.17, 15) is 38.4 Å². The topological polar surface area (TPSA) is 150 Å². The van der Waals surface area contributed by atoms with Crippen molar-refractivity contribution in [2.45, 2.75) is 275 Å². The molecule has 123 heavy (non-hydrogen) atoms. The quantitative estimate of drug-likeness (QED) is 0.0161. The van der Waals surface area contributed by atoms with Crippen molar-refractivity contribution in [2.24, 2.45) is 23.7 Å². The largest absolute Gasteiger partial charge is 0 e. The molecule has 637 valence electrons. The van der Waals surface area contributed by atoms with Gasteiger partial charge in [-0.3, -0.25) is 29.0 Å². The molecule has 5 aliphatic rings. The molecule has 23 heteroatoms. The van der Waals surface area contributed by atoms with Gasteiger partial charge in [-0.05, 0) is 57.6 Å². The van der Waals surface area contributed by atoms with Crippen molar-refractivity contribution in [1.29, 1.82) is 0 Å². The van der Waals surface area contributed by atoms with Gasteiger partial charge in [-0.2, -0.15) is 0 Å². The minimum atomic E-state index is -3.62. The van der Waals surface area contributed by atoms with Crippen LogP contribution in [0.25, 0.3) is 86.2 Å². The van der Waals surface area contributed by atoms with Gasteiger partial charge in [0.25, 0.3) is 23.6 Å². The second kappa shape index (κ2) is 44.3. The average Bonchev–Trinajstić information content (AvgIpc) is 1.42. The van der Waals surface area contributed by atoms with Gasteiger partial charge in [0.1, 0.15) is 0 Å². The predicted molar refractivity (Wildman–Crippen MR) is 537 cm³/mol. The van der Waals surface area contributed by atoms with Crippen LogP contribution in [-0.4, -0.2) is 202 Å². The van der Waals surface area contributed by atoms with Crippen molar-refractivity contribution < 1.29 is 38.4 Å². The molecule has 0 bridgehead atoms. The molecule has 0 saturated heterocycles. The fourth-order valence-corrected chi connectivity index (χ4v) is 55.5. The Balaban J connectivity index is 0.000000177. The zero-order valence-corrected chi connectivity index (χ0v) is 87.1. The molecule has 0 N–H and O–H groups in total. The van der Waals surface area contributed by atoms with E-state index in [-0.39, 0.29) is 77.3 Å². The Morgan fingerprint density at radius 1 is 0.325 bits per heavy atom. The molecule has 4 unspecified atom stereocenters. The van der Waals surface area contributed by atoms with E-state index >= 15 is 0 Å². The Morgan fingerprint density at radius 2 is 0.569 bits per heavy atom. The van der Waals surface area contributed by atoms with E-state index in [1.54, 1.807) is 26.6 Å². The first-order valence-electron chi connectivity index (χ1n) is 47.3. The number of nitrogens with zero attached hydrogens (tertiary/aromatic N) is 4. The molecule has 0 fully saturated rings. The number of carbonyl (C=O) groups excluding carboxylic acids is 8. The maximum atomic E-state index is 14.5. The molecule has 5 aliphatic heterocycles. The first-order valence-corrected chi connectivity index (χ1v) is 67.1. The molecule has 0 spiro atoms. The second-order valence-corrected chi connectivity index (χ2v) is 66.6. The van der Waals surface area contributed by atoms with Crippen molar-refractivity contribution in [1.82, 2.24) is 19.6 Å². The third-order valence-electron chi connectivity index (χ3n) is 27.5. The van der Waals surface area contributed by atoms with E-state index in [1.165, 1.54) is 122 Å². The molecule has 10 aromatic rings. The number of fused-ring (bicyclic) bond motifs is 3. The van der Waals surface area contributed by atoms with Crippen LogP contribution in [0.3, 0.4) is 0 Å². The Bertz CT molecular complexity index is 5310. The Morgan fingerprint density at radius 3 is 0.821 bits per heavy atom. The number of unbranched alkanes of at least 4 members (excludes halogenated alkanes) is 8. The Labute approximate surface area is 768 Å². The molecule has 0 saturated carbocycles. The van der Waals surface area contributed by atoms with Gasteiger partial charge in [0.05, 0.1) is 0 Å². The summed E-state index contributed by atoms with van der Waals surface area (Å²) >= 11 is -1.53. The molecular weight excluding hydrogens is 1900 g/mol. The van der Waals surface area contributed by atoms with Gasteiger partial charge in [0.15, 0.2) is 0 Å². The van der Waals surface area contributed by atoms with Gasteiger partial charge in [0.2, 0.25) is 0 Å². The first-order chi connectivity index (χ1) is 59.2. The summed E-state index contributed by atoms with van der Waals surface area (Å²) in [4.78, 5) is 118. The van der Waals surface area contributed by atoms with Gasteiger partial charge in [0, 0.05) is 112 Å². The summed E-state index contributed by atoms with van der Waals surface area (Å²) in [6.45, 7) is 36.7.